The van der Waals surface area contributed by atoms with E-state index in [1.165, 1.54) is 30.5 Å². The number of alkyl halides is 6. The monoisotopic (exact) mass is 547 g/mol. The van der Waals surface area contributed by atoms with Crippen LogP contribution in [0.15, 0.2) is 60.8 Å². The Morgan fingerprint density at radius 1 is 0.821 bits per heavy atom. The number of nitrogens with zero attached hydrogens (tertiary/aromatic N) is 4. The average molecular weight is 548 g/mol. The van der Waals surface area contributed by atoms with E-state index in [4.69, 9.17) is 0 Å². The van der Waals surface area contributed by atoms with E-state index in [-0.39, 0.29) is 17.0 Å². The van der Waals surface area contributed by atoms with Gasteiger partial charge < -0.3 is 5.32 Å². The number of rotatable bonds is 9. The largest absolute Gasteiger partial charge is 0.418 e. The number of hydrogen-bond donors (Lipinski definition) is 1. The fraction of sp³-hybridized carbons (Fsp3) is 0.321. The first-order valence-electron chi connectivity index (χ1n) is 12.5. The summed E-state index contributed by atoms with van der Waals surface area (Å²) in [5.41, 5.74) is -0.216. The molecule has 3 heterocycles. The summed E-state index contributed by atoms with van der Waals surface area (Å²) in [6.45, 7) is 6.25. The van der Waals surface area contributed by atoms with E-state index in [1.807, 2.05) is 0 Å². The van der Waals surface area contributed by atoms with Crippen LogP contribution in [0.25, 0.3) is 22.4 Å². The smallest absolute Gasteiger partial charge is 0.355 e. The molecular weight excluding hydrogens is 520 g/mol. The maximum absolute atomic E-state index is 13.6. The van der Waals surface area contributed by atoms with Crippen molar-refractivity contribution < 1.29 is 26.3 Å². The highest BCUT2D eigenvalue weighted by molar-refractivity contribution is 5.92. The fourth-order valence-corrected chi connectivity index (χ4v) is 4.34. The van der Waals surface area contributed by atoms with Gasteiger partial charge in [0, 0.05) is 23.8 Å². The van der Waals surface area contributed by atoms with Crippen LogP contribution in [0.4, 0.5) is 37.7 Å². The van der Waals surface area contributed by atoms with Crippen molar-refractivity contribution in [2.75, 3.05) is 18.4 Å². The maximum Gasteiger partial charge on any atom is 0.418 e. The minimum Gasteiger partial charge on any atom is -0.355 e. The molecule has 0 unspecified atom stereocenters. The normalized spacial score (nSPS) is 12.3. The molecule has 0 aliphatic heterocycles. The third kappa shape index (κ3) is 6.83. The number of nitrogens with one attached hydrogen (secondary N) is 1. The van der Waals surface area contributed by atoms with Crippen LogP contribution in [0, 0.1) is 0 Å². The molecule has 39 heavy (non-hydrogen) atoms. The Hall–Kier alpha value is -3.73. The topological polar surface area (TPSA) is 53.9 Å². The summed E-state index contributed by atoms with van der Waals surface area (Å²) in [7, 11) is 0. The van der Waals surface area contributed by atoms with Crippen molar-refractivity contribution in [1.29, 1.82) is 0 Å². The van der Waals surface area contributed by atoms with Gasteiger partial charge in [-0.15, -0.1) is 0 Å². The van der Waals surface area contributed by atoms with Crippen LogP contribution in [-0.4, -0.2) is 32.9 Å². The second-order valence-electron chi connectivity index (χ2n) is 9.10. The second kappa shape index (κ2) is 11.6. The summed E-state index contributed by atoms with van der Waals surface area (Å²) in [4.78, 5) is 15.2. The first kappa shape index (κ1) is 28.3. The summed E-state index contributed by atoms with van der Waals surface area (Å²) < 4.78 is 80.0. The van der Waals surface area contributed by atoms with Gasteiger partial charge in [-0.1, -0.05) is 13.8 Å². The second-order valence-corrected chi connectivity index (χ2v) is 9.10. The van der Waals surface area contributed by atoms with Gasteiger partial charge in [-0.25, -0.2) is 9.97 Å². The van der Waals surface area contributed by atoms with Gasteiger partial charge in [0.05, 0.1) is 28.2 Å². The highest BCUT2D eigenvalue weighted by Gasteiger charge is 2.35. The fourth-order valence-electron chi connectivity index (χ4n) is 4.34. The van der Waals surface area contributed by atoms with E-state index in [9.17, 15) is 26.3 Å². The molecule has 0 atom stereocenters. The maximum atomic E-state index is 13.6. The molecule has 1 aromatic carbocycles. The first-order valence-corrected chi connectivity index (χ1v) is 12.5. The molecular formula is C28H27F6N5. The Balaban J connectivity index is 1.80. The molecule has 0 aliphatic rings. The highest BCUT2D eigenvalue weighted by atomic mass is 19.4. The van der Waals surface area contributed by atoms with Gasteiger partial charge in [0.1, 0.15) is 5.69 Å². The van der Waals surface area contributed by atoms with E-state index < -0.39 is 23.5 Å². The molecule has 0 amide bonds. The van der Waals surface area contributed by atoms with Gasteiger partial charge in [-0.2, -0.15) is 26.3 Å². The highest BCUT2D eigenvalue weighted by Crippen LogP contribution is 2.36. The number of halogens is 6. The minimum atomic E-state index is -4.62. The van der Waals surface area contributed by atoms with Crippen molar-refractivity contribution in [1.82, 2.24) is 19.9 Å². The van der Waals surface area contributed by atoms with E-state index in [0.717, 1.165) is 44.1 Å². The van der Waals surface area contributed by atoms with Crippen molar-refractivity contribution in [2.24, 2.45) is 0 Å². The Morgan fingerprint density at radius 2 is 1.51 bits per heavy atom. The predicted octanol–water partition coefficient (Wildman–Crippen LogP) is 8.10. The lowest BCUT2D eigenvalue weighted by Gasteiger charge is -2.21. The van der Waals surface area contributed by atoms with Gasteiger partial charge in [0.2, 0.25) is 0 Å². The zero-order chi connectivity index (χ0) is 28.2. The van der Waals surface area contributed by atoms with Gasteiger partial charge in [0.25, 0.3) is 0 Å². The standard InChI is InChI=1S/C28H27F6N5/c1-3-14-39(15-4-2)17-20-16-24(36-19-9-7-18(8-10-19)27(29,30)31)21-11-12-23(38-26(21)37-20)25-22(28(32,33)34)6-5-13-35-25/h5-13,16H,3-4,14-15,17H2,1-2H3,(H,36,37,38). The van der Waals surface area contributed by atoms with Gasteiger partial charge >= 0.3 is 12.4 Å². The minimum absolute atomic E-state index is 0.0135. The van der Waals surface area contributed by atoms with Crippen LogP contribution in [0.2, 0.25) is 0 Å². The summed E-state index contributed by atoms with van der Waals surface area (Å²) in [5, 5.41) is 3.64. The van der Waals surface area contributed by atoms with Crippen LogP contribution in [0.1, 0.15) is 43.5 Å². The Bertz CT molecular complexity index is 1410. The zero-order valence-corrected chi connectivity index (χ0v) is 21.4. The van der Waals surface area contributed by atoms with E-state index in [2.05, 4.69) is 39.0 Å². The lowest BCUT2D eigenvalue weighted by molar-refractivity contribution is -0.138. The van der Waals surface area contributed by atoms with Gasteiger partial charge in [-0.3, -0.25) is 9.88 Å². The van der Waals surface area contributed by atoms with E-state index in [0.29, 0.717) is 29.0 Å². The van der Waals surface area contributed by atoms with Crippen molar-refractivity contribution in [3.63, 3.8) is 0 Å². The summed E-state index contributed by atoms with van der Waals surface area (Å²) in [6, 6.07) is 11.6. The molecule has 5 nitrogen and oxygen atoms in total. The molecule has 0 bridgehead atoms. The number of anilines is 2. The molecule has 4 rings (SSSR count). The summed E-state index contributed by atoms with van der Waals surface area (Å²) in [6.07, 6.45) is -5.96. The first-order chi connectivity index (χ1) is 18.5. The number of pyridine rings is 3. The molecule has 3 aromatic heterocycles. The van der Waals surface area contributed by atoms with Crippen molar-refractivity contribution in [3.05, 3.63) is 77.6 Å². The van der Waals surface area contributed by atoms with Crippen LogP contribution >= 0.6 is 0 Å². The van der Waals surface area contributed by atoms with Crippen LogP contribution < -0.4 is 5.32 Å². The number of aromatic nitrogens is 3. The van der Waals surface area contributed by atoms with Crippen LogP contribution in [0.3, 0.4) is 0 Å². The van der Waals surface area contributed by atoms with E-state index in [1.54, 1.807) is 12.1 Å². The summed E-state index contributed by atoms with van der Waals surface area (Å²) in [5.74, 6) is 0. The lowest BCUT2D eigenvalue weighted by Crippen LogP contribution is -2.25. The molecule has 0 saturated carbocycles. The van der Waals surface area contributed by atoms with Crippen molar-refractivity contribution in [3.8, 4) is 11.4 Å². The third-order valence-electron chi connectivity index (χ3n) is 6.04. The van der Waals surface area contributed by atoms with Gasteiger partial charge in [-0.05, 0) is 80.5 Å². The Labute approximate surface area is 221 Å². The van der Waals surface area contributed by atoms with Crippen LogP contribution in [0.5, 0.6) is 0 Å². The molecule has 0 aliphatic carbocycles. The number of fused-ring (bicyclic) bond motifs is 1. The molecule has 0 fully saturated rings. The molecule has 11 heteroatoms. The Kier molecular flexibility index (Phi) is 8.39. The summed E-state index contributed by atoms with van der Waals surface area (Å²) >= 11 is 0. The average Bonchev–Trinajstić information content (AvgIpc) is 2.88. The number of hydrogen-bond acceptors (Lipinski definition) is 5. The van der Waals surface area contributed by atoms with E-state index >= 15 is 0 Å². The van der Waals surface area contributed by atoms with Gasteiger partial charge in [0.15, 0.2) is 5.65 Å². The molecule has 206 valence electrons. The quantitative estimate of drug-likeness (QED) is 0.215. The van der Waals surface area contributed by atoms with Crippen molar-refractivity contribution in [2.45, 2.75) is 45.6 Å². The Morgan fingerprint density at radius 3 is 2.13 bits per heavy atom. The molecule has 1 N–H and O–H groups in total. The molecule has 0 spiro atoms. The SMILES string of the molecule is CCCN(CCC)Cc1cc(Nc2ccc(C(F)(F)F)cc2)c2ccc(-c3ncccc3C(F)(F)F)nc2n1. The molecule has 0 saturated heterocycles. The number of benzene rings is 1. The van der Waals surface area contributed by atoms with Crippen LogP contribution in [-0.2, 0) is 18.9 Å². The predicted molar refractivity (Wildman–Crippen MR) is 138 cm³/mol. The lowest BCUT2D eigenvalue weighted by atomic mass is 10.1. The third-order valence-corrected chi connectivity index (χ3v) is 6.04. The molecule has 4 aromatic rings. The molecule has 0 radical (unpaired) electrons. The van der Waals surface area contributed by atoms with Crippen molar-refractivity contribution >= 4 is 22.4 Å². The zero-order valence-electron chi connectivity index (χ0n) is 21.4.